The minimum absolute atomic E-state index is 0.0358. The molecule has 0 saturated carbocycles. The van der Waals surface area contributed by atoms with Gasteiger partial charge in [0.15, 0.2) is 5.76 Å². The summed E-state index contributed by atoms with van der Waals surface area (Å²) in [4.78, 5) is 50.0. The monoisotopic (exact) mass is 379 g/mol. The van der Waals surface area contributed by atoms with Crippen molar-refractivity contribution >= 4 is 29.4 Å². The van der Waals surface area contributed by atoms with Gasteiger partial charge in [0.2, 0.25) is 5.88 Å². The molecule has 3 heterocycles. The molecule has 1 aliphatic rings. The molecule has 9 heteroatoms. The molecular weight excluding hydrogens is 366 g/mol. The van der Waals surface area contributed by atoms with Gasteiger partial charge < -0.3 is 8.94 Å². The predicted octanol–water partition coefficient (Wildman–Crippen LogP) is 2.19. The zero-order valence-corrected chi connectivity index (χ0v) is 14.6. The van der Waals surface area contributed by atoms with E-state index in [0.717, 1.165) is 4.90 Å². The molecule has 0 atom stereocenters. The Morgan fingerprint density at radius 1 is 1.07 bits per heavy atom. The van der Waals surface area contributed by atoms with Crippen LogP contribution in [-0.4, -0.2) is 33.6 Å². The van der Waals surface area contributed by atoms with Gasteiger partial charge in [0, 0.05) is 6.07 Å². The Morgan fingerprint density at radius 3 is 2.36 bits per heavy atom. The molecule has 2 aromatic heterocycles. The number of hydrogen-bond acceptors (Lipinski definition) is 7. The van der Waals surface area contributed by atoms with E-state index in [-0.39, 0.29) is 23.9 Å². The molecule has 28 heavy (non-hydrogen) atoms. The van der Waals surface area contributed by atoms with Gasteiger partial charge in [-0.25, -0.2) is 0 Å². The number of rotatable bonds is 5. The lowest BCUT2D eigenvalue weighted by atomic mass is 10.1. The maximum atomic E-state index is 12.4. The molecule has 0 bridgehead atoms. The Kier molecular flexibility index (Phi) is 4.11. The number of benzene rings is 1. The lowest BCUT2D eigenvalue weighted by molar-refractivity contribution is -0.112. The topological polar surface area (TPSA) is 123 Å². The summed E-state index contributed by atoms with van der Waals surface area (Å²) in [7, 11) is 0. The van der Waals surface area contributed by atoms with Crippen LogP contribution in [0.2, 0.25) is 0 Å². The molecule has 3 aromatic rings. The molecule has 1 aliphatic heterocycles. The Morgan fingerprint density at radius 2 is 1.75 bits per heavy atom. The lowest BCUT2D eigenvalue weighted by Crippen LogP contribution is -2.28. The molecule has 0 saturated heterocycles. The normalized spacial score (nSPS) is 13.0. The van der Waals surface area contributed by atoms with Crippen LogP contribution in [0.3, 0.4) is 0 Å². The molecule has 9 nitrogen and oxygen atoms in total. The number of anilines is 1. The highest BCUT2D eigenvalue weighted by Gasteiger charge is 2.35. The fourth-order valence-corrected chi connectivity index (χ4v) is 2.83. The van der Waals surface area contributed by atoms with Crippen LogP contribution in [0.5, 0.6) is 0 Å². The molecule has 0 spiro atoms. The smallest absolute Gasteiger partial charge is 0.302 e. The van der Waals surface area contributed by atoms with Gasteiger partial charge in [-0.2, -0.15) is 0 Å². The molecule has 0 aliphatic carbocycles. The quantitative estimate of drug-likeness (QED) is 0.409. The first-order chi connectivity index (χ1) is 13.4. The van der Waals surface area contributed by atoms with Gasteiger partial charge >= 0.3 is 5.91 Å². The van der Waals surface area contributed by atoms with E-state index in [1.165, 1.54) is 18.2 Å². The Bertz CT molecular complexity index is 1090. The van der Waals surface area contributed by atoms with Gasteiger partial charge in [0.1, 0.15) is 5.76 Å². The van der Waals surface area contributed by atoms with E-state index < -0.39 is 23.5 Å². The van der Waals surface area contributed by atoms with Crippen molar-refractivity contribution in [1.82, 2.24) is 10.1 Å². The predicted molar refractivity (Wildman–Crippen MR) is 93.6 cm³/mol. The van der Waals surface area contributed by atoms with Crippen molar-refractivity contribution in [3.8, 4) is 0 Å². The summed E-state index contributed by atoms with van der Waals surface area (Å²) >= 11 is 0. The number of aryl methyl sites for hydroxylation is 1. The van der Waals surface area contributed by atoms with E-state index in [1.54, 1.807) is 31.2 Å². The third-order valence-corrected chi connectivity index (χ3v) is 4.15. The highest BCUT2D eigenvalue weighted by atomic mass is 16.5. The van der Waals surface area contributed by atoms with Gasteiger partial charge in [-0.1, -0.05) is 17.3 Å². The maximum Gasteiger partial charge on any atom is 0.302 e. The average Bonchev–Trinajstić information content (AvgIpc) is 3.38. The van der Waals surface area contributed by atoms with Crippen LogP contribution in [-0.2, 0) is 11.3 Å². The van der Waals surface area contributed by atoms with Crippen LogP contribution in [0.4, 0.5) is 5.88 Å². The van der Waals surface area contributed by atoms with Gasteiger partial charge in [0.05, 0.1) is 23.4 Å². The molecule has 0 fully saturated rings. The van der Waals surface area contributed by atoms with Crippen molar-refractivity contribution in [2.24, 2.45) is 0 Å². The summed E-state index contributed by atoms with van der Waals surface area (Å²) in [5.74, 6) is -2.76. The standard InChI is InChI=1S/C19H13N3O6/c1-10-8-15(28-21-10)20-17(24)16(23)14-7-6-11(27-14)9-22-18(25)12-4-2-3-5-13(12)19(22)26/h2-8H,9H2,1H3,(H,20,24). The van der Waals surface area contributed by atoms with Crippen LogP contribution in [0.1, 0.15) is 42.7 Å². The van der Waals surface area contributed by atoms with Gasteiger partial charge in [-0.05, 0) is 31.2 Å². The SMILES string of the molecule is Cc1cc(NC(=O)C(=O)c2ccc(CN3C(=O)c4ccccc4C3=O)o2)on1. The molecular formula is C19H13N3O6. The van der Waals surface area contributed by atoms with Crippen LogP contribution in [0, 0.1) is 6.92 Å². The average molecular weight is 379 g/mol. The number of carbonyl (C=O) groups excluding carboxylic acids is 4. The van der Waals surface area contributed by atoms with E-state index >= 15 is 0 Å². The van der Waals surface area contributed by atoms with Crippen molar-refractivity contribution in [2.75, 3.05) is 5.32 Å². The number of furan rings is 1. The first-order valence-corrected chi connectivity index (χ1v) is 8.27. The molecule has 140 valence electrons. The summed E-state index contributed by atoms with van der Waals surface area (Å²) in [6.07, 6.45) is 0. The van der Waals surface area contributed by atoms with E-state index in [9.17, 15) is 19.2 Å². The van der Waals surface area contributed by atoms with Crippen LogP contribution in [0.15, 0.2) is 51.4 Å². The molecule has 0 radical (unpaired) electrons. The highest BCUT2D eigenvalue weighted by molar-refractivity contribution is 6.45. The molecule has 3 amide bonds. The van der Waals surface area contributed by atoms with E-state index in [0.29, 0.717) is 16.8 Å². The fraction of sp³-hybridized carbons (Fsp3) is 0.105. The summed E-state index contributed by atoms with van der Waals surface area (Å²) in [6, 6.07) is 10.7. The summed E-state index contributed by atoms with van der Waals surface area (Å²) in [6.45, 7) is 1.52. The minimum atomic E-state index is -0.960. The van der Waals surface area contributed by atoms with Crippen molar-refractivity contribution in [3.63, 3.8) is 0 Å². The number of hydrogen-bond donors (Lipinski definition) is 1. The molecule has 1 N–H and O–H groups in total. The number of nitrogens with one attached hydrogen (secondary N) is 1. The van der Waals surface area contributed by atoms with Gasteiger partial charge in [0.25, 0.3) is 17.6 Å². The Balaban J connectivity index is 1.46. The molecule has 4 rings (SSSR count). The number of amides is 3. The summed E-state index contributed by atoms with van der Waals surface area (Å²) in [5, 5.41) is 5.87. The lowest BCUT2D eigenvalue weighted by Gasteiger charge is -2.11. The van der Waals surface area contributed by atoms with Crippen LogP contribution < -0.4 is 5.32 Å². The maximum absolute atomic E-state index is 12.4. The van der Waals surface area contributed by atoms with Crippen molar-refractivity contribution < 1.29 is 28.1 Å². The zero-order chi connectivity index (χ0) is 19.8. The van der Waals surface area contributed by atoms with E-state index in [4.69, 9.17) is 8.94 Å². The van der Waals surface area contributed by atoms with E-state index in [1.807, 2.05) is 0 Å². The van der Waals surface area contributed by atoms with Gasteiger partial charge in [-0.3, -0.25) is 29.4 Å². The summed E-state index contributed by atoms with van der Waals surface area (Å²) < 4.78 is 10.2. The third-order valence-electron chi connectivity index (χ3n) is 4.15. The van der Waals surface area contributed by atoms with Crippen molar-refractivity contribution in [1.29, 1.82) is 0 Å². The zero-order valence-electron chi connectivity index (χ0n) is 14.6. The molecule has 0 unspecified atom stereocenters. The number of nitrogens with zero attached hydrogens (tertiary/aromatic N) is 2. The van der Waals surface area contributed by atoms with Crippen LogP contribution in [0.25, 0.3) is 0 Å². The minimum Gasteiger partial charge on any atom is -0.455 e. The number of imide groups is 1. The number of aromatic nitrogens is 1. The first kappa shape index (κ1) is 17.4. The molecule has 1 aromatic carbocycles. The Hall–Kier alpha value is -4.01. The largest absolute Gasteiger partial charge is 0.455 e. The Labute approximate surface area is 157 Å². The van der Waals surface area contributed by atoms with Crippen molar-refractivity contribution in [3.05, 3.63) is 70.8 Å². The van der Waals surface area contributed by atoms with Crippen molar-refractivity contribution in [2.45, 2.75) is 13.5 Å². The third kappa shape index (κ3) is 2.98. The number of Topliss-reactive ketones (excluding diaryl/α,β-unsaturated/α-hetero) is 1. The number of fused-ring (bicyclic) bond motifs is 1. The summed E-state index contributed by atoms with van der Waals surface area (Å²) in [5.41, 5.74) is 1.18. The highest BCUT2D eigenvalue weighted by Crippen LogP contribution is 2.25. The second-order valence-corrected chi connectivity index (χ2v) is 6.12. The van der Waals surface area contributed by atoms with Gasteiger partial charge in [-0.15, -0.1) is 0 Å². The second-order valence-electron chi connectivity index (χ2n) is 6.12. The fourth-order valence-electron chi connectivity index (χ4n) is 2.83. The number of ketones is 1. The van der Waals surface area contributed by atoms with E-state index in [2.05, 4.69) is 10.5 Å². The second kappa shape index (κ2) is 6.62. The number of carbonyl (C=O) groups is 4. The first-order valence-electron chi connectivity index (χ1n) is 8.27. The van der Waals surface area contributed by atoms with Crippen LogP contribution >= 0.6 is 0 Å².